The minimum absolute atomic E-state index is 0.732. The van der Waals surface area contributed by atoms with E-state index in [0.29, 0.717) is 0 Å². The summed E-state index contributed by atoms with van der Waals surface area (Å²) in [7, 11) is 0. The first-order chi connectivity index (χ1) is 30.1. The molecule has 298 valence electrons. The number of aromatic nitrogens is 2. The summed E-state index contributed by atoms with van der Waals surface area (Å²) in [5, 5.41) is 4.98. The molecule has 0 saturated heterocycles. The summed E-state index contributed by atoms with van der Waals surface area (Å²) in [5.41, 5.74) is 15.2. The van der Waals surface area contributed by atoms with E-state index in [1.165, 1.54) is 43.6 Å². The van der Waals surface area contributed by atoms with Crippen LogP contribution in [0.1, 0.15) is 51.3 Å². The number of hydrogen-bond acceptors (Lipinski definition) is 1. The molecule has 8 aromatic carbocycles. The van der Waals surface area contributed by atoms with Gasteiger partial charge < -0.3 is 9.13 Å². The molecule has 0 amide bonds. The molecule has 10 rings (SSSR count). The minimum Gasteiger partial charge on any atom is -0.309 e. The van der Waals surface area contributed by atoms with Crippen molar-refractivity contribution >= 4 is 60.6 Å². The fourth-order valence-electron chi connectivity index (χ4n) is 8.26. The number of nitrogens with zero attached hydrogens (tertiary/aromatic N) is 3. The Bertz CT molecular complexity index is 2940. The fourth-order valence-corrected chi connectivity index (χ4v) is 8.26. The number of fused-ring (bicyclic) bond motifs is 6. The van der Waals surface area contributed by atoms with E-state index in [0.717, 1.165) is 56.2 Å². The van der Waals surface area contributed by atoms with E-state index < -0.39 is 0 Å². The Balaban J connectivity index is 0.00000125. The van der Waals surface area contributed by atoms with Gasteiger partial charge in [-0.25, -0.2) is 4.99 Å². The highest BCUT2D eigenvalue weighted by atomic mass is 15.0. The first kappa shape index (κ1) is 40.3. The Hall–Kier alpha value is -7.49. The Kier molecular flexibility index (Phi) is 12.0. The van der Waals surface area contributed by atoms with Crippen molar-refractivity contribution in [1.29, 1.82) is 0 Å². The van der Waals surface area contributed by atoms with Gasteiger partial charge in [-0.3, -0.25) is 0 Å². The molecule has 0 radical (unpaired) electrons. The van der Waals surface area contributed by atoms with Crippen molar-refractivity contribution in [1.82, 2.24) is 9.13 Å². The third kappa shape index (κ3) is 7.87. The monoisotopic (exact) mass is 789 g/mol. The molecule has 2 aromatic heterocycles. The highest BCUT2D eigenvalue weighted by Crippen LogP contribution is 2.38. The minimum atomic E-state index is 0.732. The lowest BCUT2D eigenvalue weighted by molar-refractivity contribution is 1.13. The average Bonchev–Trinajstić information content (AvgIpc) is 3.86. The second-order valence-electron chi connectivity index (χ2n) is 14.6. The normalized spacial score (nSPS) is 11.6. The maximum absolute atomic E-state index is 5.04. The van der Waals surface area contributed by atoms with Crippen LogP contribution in [0, 0.1) is 0 Å². The van der Waals surface area contributed by atoms with E-state index in [4.69, 9.17) is 4.99 Å². The molecule has 0 fully saturated rings. The van der Waals surface area contributed by atoms with Gasteiger partial charge in [0, 0.05) is 38.5 Å². The molecular formula is C58H51N3. The van der Waals surface area contributed by atoms with Crippen LogP contribution >= 0.6 is 0 Å². The zero-order chi connectivity index (χ0) is 42.3. The van der Waals surface area contributed by atoms with Gasteiger partial charge in [0.2, 0.25) is 0 Å². The number of para-hydroxylation sites is 4. The summed E-state index contributed by atoms with van der Waals surface area (Å²) in [6, 6.07) is 71.3. The van der Waals surface area contributed by atoms with Gasteiger partial charge in [-0.2, -0.15) is 0 Å². The van der Waals surface area contributed by atoms with Gasteiger partial charge in [0.05, 0.1) is 33.5 Å². The molecule has 0 bridgehead atoms. The summed E-state index contributed by atoms with van der Waals surface area (Å²) < 4.78 is 4.83. The highest BCUT2D eigenvalue weighted by Gasteiger charge is 2.17. The summed E-state index contributed by atoms with van der Waals surface area (Å²) in [4.78, 5) is 5.04. The lowest BCUT2D eigenvalue weighted by atomic mass is 9.98. The second-order valence-corrected chi connectivity index (χ2v) is 14.6. The number of aliphatic imine (C=N–C) groups is 1. The van der Waals surface area contributed by atoms with Crippen LogP contribution in [0.15, 0.2) is 218 Å². The van der Waals surface area contributed by atoms with E-state index >= 15 is 0 Å². The maximum atomic E-state index is 5.04. The number of hydrogen-bond donors (Lipinski definition) is 0. The molecule has 0 aliphatic heterocycles. The Morgan fingerprint density at radius 3 is 1.21 bits per heavy atom. The maximum Gasteiger partial charge on any atom is 0.0712 e. The quantitative estimate of drug-likeness (QED) is 0.137. The Morgan fingerprint density at radius 2 is 0.787 bits per heavy atom. The third-order valence-electron chi connectivity index (χ3n) is 11.0. The molecule has 0 N–H and O–H groups in total. The number of benzene rings is 8. The smallest absolute Gasteiger partial charge is 0.0712 e. The lowest BCUT2D eigenvalue weighted by Crippen LogP contribution is -2.00. The van der Waals surface area contributed by atoms with Gasteiger partial charge in [0.1, 0.15) is 0 Å². The summed E-state index contributed by atoms with van der Waals surface area (Å²) in [6.07, 6.45) is 2.17. The Morgan fingerprint density at radius 1 is 0.410 bits per heavy atom. The van der Waals surface area contributed by atoms with Crippen LogP contribution in [-0.4, -0.2) is 14.8 Å². The van der Waals surface area contributed by atoms with Gasteiger partial charge >= 0.3 is 0 Å². The van der Waals surface area contributed by atoms with Gasteiger partial charge in [-0.05, 0) is 83.3 Å². The predicted molar refractivity (Wildman–Crippen MR) is 265 cm³/mol. The number of rotatable bonds is 8. The van der Waals surface area contributed by atoms with Crippen molar-refractivity contribution in [2.75, 3.05) is 0 Å². The molecule has 0 aliphatic carbocycles. The largest absolute Gasteiger partial charge is 0.309 e. The highest BCUT2D eigenvalue weighted by molar-refractivity contribution is 6.14. The molecule has 3 heteroatoms. The predicted octanol–water partition coefficient (Wildman–Crippen LogP) is 16.2. The van der Waals surface area contributed by atoms with Crippen molar-refractivity contribution < 1.29 is 0 Å². The summed E-state index contributed by atoms with van der Waals surface area (Å²) in [6.45, 7) is 14.5. The van der Waals surface area contributed by atoms with E-state index in [9.17, 15) is 0 Å². The first-order valence-corrected chi connectivity index (χ1v) is 21.4. The zero-order valence-corrected chi connectivity index (χ0v) is 35.7. The van der Waals surface area contributed by atoms with Crippen molar-refractivity contribution in [3.8, 4) is 22.5 Å². The van der Waals surface area contributed by atoms with E-state index in [2.05, 4.69) is 193 Å². The molecule has 61 heavy (non-hydrogen) atoms. The molecule has 2 heterocycles. The molecule has 10 aromatic rings. The summed E-state index contributed by atoms with van der Waals surface area (Å²) in [5.74, 6) is 0. The van der Waals surface area contributed by atoms with Gasteiger partial charge in [0.15, 0.2) is 0 Å². The molecular weight excluding hydrogens is 739 g/mol. The third-order valence-corrected chi connectivity index (χ3v) is 11.0. The van der Waals surface area contributed by atoms with E-state index in [-0.39, 0.29) is 0 Å². The fraction of sp³-hybridized carbons (Fsp3) is 0.0862. The molecule has 0 spiro atoms. The van der Waals surface area contributed by atoms with Crippen molar-refractivity contribution in [2.45, 2.75) is 34.6 Å². The van der Waals surface area contributed by atoms with E-state index in [1.807, 2.05) is 64.1 Å². The van der Waals surface area contributed by atoms with E-state index in [1.54, 1.807) is 0 Å². The van der Waals surface area contributed by atoms with Crippen LogP contribution < -0.4 is 0 Å². The van der Waals surface area contributed by atoms with Gasteiger partial charge in [-0.1, -0.05) is 192 Å². The summed E-state index contributed by atoms with van der Waals surface area (Å²) >= 11 is 0. The van der Waals surface area contributed by atoms with Crippen LogP contribution in [0.2, 0.25) is 0 Å². The van der Waals surface area contributed by atoms with Crippen molar-refractivity contribution in [3.63, 3.8) is 0 Å². The standard InChI is InChI=1S/C54H39N3.2C2H6/c1-37(33-50(42-19-7-4-8-20-42)55-38(2)40-17-5-3-6-18-40)39-29-31-41(32-30-39)43-34-44(56-51-25-13-9-21-46(51)47-22-10-14-26-52(47)56)36-45(35-43)57-53-27-15-11-23-48(53)49-24-12-16-28-54(49)57;2*1-2/h3-36H,2H2,1H3;2*1-2H3/b37-33+,55-50?;;. The lowest BCUT2D eigenvalue weighted by Gasteiger charge is -2.16. The molecule has 0 aliphatic rings. The van der Waals surface area contributed by atoms with Crippen molar-refractivity contribution in [3.05, 3.63) is 230 Å². The first-order valence-electron chi connectivity index (χ1n) is 21.4. The number of allylic oxidation sites excluding steroid dienone is 2. The average molecular weight is 790 g/mol. The topological polar surface area (TPSA) is 22.2 Å². The molecule has 0 saturated carbocycles. The molecule has 0 unspecified atom stereocenters. The molecule has 0 atom stereocenters. The Labute approximate surface area is 359 Å². The van der Waals surface area contributed by atoms with Crippen LogP contribution in [-0.2, 0) is 0 Å². The van der Waals surface area contributed by atoms with Gasteiger partial charge in [0.25, 0.3) is 0 Å². The SMILES string of the molecule is C=C(N=C(/C=C(\C)c1ccc(-c2cc(-n3c4ccccc4c4ccccc43)cc(-n3c4ccccc4c4ccccc43)c2)cc1)c1ccccc1)c1ccccc1.CC.CC. The van der Waals surface area contributed by atoms with Gasteiger partial charge in [-0.15, -0.1) is 0 Å². The van der Waals surface area contributed by atoms with Crippen LogP contribution in [0.25, 0.3) is 77.4 Å². The van der Waals surface area contributed by atoms with Crippen LogP contribution in [0.5, 0.6) is 0 Å². The van der Waals surface area contributed by atoms with Crippen LogP contribution in [0.4, 0.5) is 0 Å². The van der Waals surface area contributed by atoms with Crippen LogP contribution in [0.3, 0.4) is 0 Å². The molecule has 3 nitrogen and oxygen atoms in total. The van der Waals surface area contributed by atoms with Crippen molar-refractivity contribution in [2.24, 2.45) is 4.99 Å². The second kappa shape index (κ2) is 18.2. The zero-order valence-electron chi connectivity index (χ0n) is 35.7.